The van der Waals surface area contributed by atoms with Crippen molar-refractivity contribution in [1.29, 1.82) is 0 Å². The first kappa shape index (κ1) is 21.1. The molecule has 144 valence electrons. The fraction of sp³-hybridized carbons (Fsp3) is 0.300. The Morgan fingerprint density at radius 2 is 1.74 bits per heavy atom. The zero-order valence-electron chi connectivity index (χ0n) is 14.9. The van der Waals surface area contributed by atoms with Gasteiger partial charge in [0.05, 0.1) is 5.92 Å². The normalized spacial score (nSPS) is 12.7. The number of rotatable bonds is 8. The first-order valence-corrected chi connectivity index (χ1v) is 9.35. The third-order valence-corrected chi connectivity index (χ3v) is 4.06. The van der Waals surface area contributed by atoms with Crippen molar-refractivity contribution in [3.63, 3.8) is 0 Å². The number of hydrogen-bond donors (Lipinski definition) is 1. The second-order valence-electron chi connectivity index (χ2n) is 5.93. The summed E-state index contributed by atoms with van der Waals surface area (Å²) in [6.07, 6.45) is 0.269. The van der Waals surface area contributed by atoms with Crippen LogP contribution in [-0.2, 0) is 16.0 Å². The number of ether oxygens (including phenoxy) is 2. The molecule has 0 fully saturated rings. The first-order valence-electron chi connectivity index (χ1n) is 8.54. The highest BCUT2D eigenvalue weighted by molar-refractivity contribution is 6.30. The van der Waals surface area contributed by atoms with E-state index in [4.69, 9.17) is 32.7 Å². The summed E-state index contributed by atoms with van der Waals surface area (Å²) in [4.78, 5) is 24.2. The highest BCUT2D eigenvalue weighted by Crippen LogP contribution is 2.19. The van der Waals surface area contributed by atoms with Gasteiger partial charge in [0.25, 0.3) is 0 Å². The fourth-order valence-corrected chi connectivity index (χ4v) is 2.65. The molecule has 2 unspecified atom stereocenters. The summed E-state index contributed by atoms with van der Waals surface area (Å²) in [7, 11) is 0. The maximum atomic E-state index is 12.6. The summed E-state index contributed by atoms with van der Waals surface area (Å²) < 4.78 is 10.3. The summed E-state index contributed by atoms with van der Waals surface area (Å²) >= 11 is 11.5. The molecule has 0 aliphatic carbocycles. The van der Waals surface area contributed by atoms with Crippen LogP contribution in [0.2, 0.25) is 5.02 Å². The van der Waals surface area contributed by atoms with Crippen molar-refractivity contribution in [2.24, 2.45) is 5.92 Å². The molecule has 0 aliphatic heterocycles. The molecule has 7 heteroatoms. The van der Waals surface area contributed by atoms with Crippen LogP contribution in [0.5, 0.6) is 5.75 Å². The van der Waals surface area contributed by atoms with Gasteiger partial charge >= 0.3 is 12.1 Å². The molecule has 0 spiro atoms. The van der Waals surface area contributed by atoms with Gasteiger partial charge < -0.3 is 14.8 Å². The monoisotopic (exact) mass is 409 g/mol. The van der Waals surface area contributed by atoms with E-state index in [1.54, 1.807) is 31.2 Å². The number of hydrogen-bond acceptors (Lipinski definition) is 4. The molecule has 0 heterocycles. The molecule has 1 N–H and O–H groups in total. The number of alkyl carbamates (subject to hydrolysis) is 1. The summed E-state index contributed by atoms with van der Waals surface area (Å²) in [6.45, 7) is 1.80. The van der Waals surface area contributed by atoms with Crippen LogP contribution in [0.25, 0.3) is 0 Å². The maximum absolute atomic E-state index is 12.6. The fourth-order valence-electron chi connectivity index (χ4n) is 2.44. The molecule has 2 aromatic rings. The van der Waals surface area contributed by atoms with Gasteiger partial charge in [0.2, 0.25) is 0 Å². The van der Waals surface area contributed by atoms with Crippen molar-refractivity contribution in [3.05, 3.63) is 65.2 Å². The van der Waals surface area contributed by atoms with E-state index in [9.17, 15) is 9.59 Å². The van der Waals surface area contributed by atoms with Gasteiger partial charge in [-0.2, -0.15) is 0 Å². The lowest BCUT2D eigenvalue weighted by Gasteiger charge is -2.17. The van der Waals surface area contributed by atoms with Crippen molar-refractivity contribution in [3.8, 4) is 5.75 Å². The Morgan fingerprint density at radius 1 is 1.07 bits per heavy atom. The van der Waals surface area contributed by atoms with Gasteiger partial charge in [0.1, 0.15) is 5.75 Å². The van der Waals surface area contributed by atoms with Crippen LogP contribution < -0.4 is 10.1 Å². The van der Waals surface area contributed by atoms with Crippen molar-refractivity contribution in [2.75, 3.05) is 6.54 Å². The largest absolute Gasteiger partial charge is 0.430 e. The molecule has 5 nitrogen and oxygen atoms in total. The number of alkyl halides is 1. The lowest BCUT2D eigenvalue weighted by Crippen LogP contribution is -2.31. The Kier molecular flexibility index (Phi) is 8.43. The number of benzene rings is 2. The number of amides is 1. The predicted octanol–water partition coefficient (Wildman–Crippen LogP) is 4.81. The van der Waals surface area contributed by atoms with Crippen LogP contribution in [0.15, 0.2) is 54.6 Å². The maximum Gasteiger partial charge on any atom is 0.408 e. The molecule has 2 atom stereocenters. The summed E-state index contributed by atoms with van der Waals surface area (Å²) in [5, 5.41) is 3.15. The topological polar surface area (TPSA) is 64.6 Å². The highest BCUT2D eigenvalue weighted by Gasteiger charge is 2.22. The van der Waals surface area contributed by atoms with Crippen LogP contribution in [0, 0.1) is 5.92 Å². The van der Waals surface area contributed by atoms with Gasteiger partial charge in [-0.25, -0.2) is 4.79 Å². The Balaban J connectivity index is 1.98. The minimum absolute atomic E-state index is 0.260. The van der Waals surface area contributed by atoms with Crippen molar-refractivity contribution in [2.45, 2.75) is 25.3 Å². The lowest BCUT2D eigenvalue weighted by atomic mass is 9.96. The van der Waals surface area contributed by atoms with E-state index in [1.165, 1.54) is 0 Å². The zero-order valence-corrected chi connectivity index (χ0v) is 16.4. The molecule has 2 rings (SSSR count). The second-order valence-corrected chi connectivity index (χ2v) is 6.98. The van der Waals surface area contributed by atoms with Crippen molar-refractivity contribution in [1.82, 2.24) is 5.32 Å². The number of esters is 1. The van der Waals surface area contributed by atoms with Crippen molar-refractivity contribution < 1.29 is 19.1 Å². The van der Waals surface area contributed by atoms with E-state index in [0.717, 1.165) is 5.56 Å². The molecule has 0 saturated carbocycles. The Morgan fingerprint density at radius 3 is 2.37 bits per heavy atom. The first-order chi connectivity index (χ1) is 12.9. The Labute approximate surface area is 168 Å². The Hall–Kier alpha value is -2.24. The van der Waals surface area contributed by atoms with E-state index in [-0.39, 0.29) is 12.5 Å². The molecule has 0 bridgehead atoms. The molecular formula is C20H21Cl2NO4. The van der Waals surface area contributed by atoms with Crippen LogP contribution in [0.3, 0.4) is 0 Å². The van der Waals surface area contributed by atoms with Crippen LogP contribution in [0.1, 0.15) is 18.9 Å². The molecule has 27 heavy (non-hydrogen) atoms. The number of halogens is 2. The predicted molar refractivity (Wildman–Crippen MR) is 105 cm³/mol. The molecule has 0 radical (unpaired) electrons. The standard InChI is InChI=1S/C20H21Cl2NO4/c1-14(21)26-20(25)23-12-11-16(13-15-5-3-2-4-6-15)19(24)27-18-9-7-17(22)8-10-18/h2-10,14,16H,11-13H2,1H3,(H,23,25). The molecular weight excluding hydrogens is 389 g/mol. The third kappa shape index (κ3) is 7.89. The Bertz CT molecular complexity index is 735. The third-order valence-electron chi connectivity index (χ3n) is 3.72. The molecule has 0 aromatic heterocycles. The summed E-state index contributed by atoms with van der Waals surface area (Å²) in [6, 6.07) is 16.2. The minimum atomic E-state index is -0.722. The molecule has 0 aliphatic rings. The molecule has 0 saturated heterocycles. The minimum Gasteiger partial charge on any atom is -0.430 e. The number of carbonyl (C=O) groups excluding carboxylic acids is 2. The number of nitrogens with one attached hydrogen (secondary N) is 1. The average Bonchev–Trinajstić information content (AvgIpc) is 2.63. The van der Waals surface area contributed by atoms with E-state index in [1.807, 2.05) is 30.3 Å². The van der Waals surface area contributed by atoms with Crippen LogP contribution >= 0.6 is 23.2 Å². The number of carbonyl (C=O) groups is 2. The van der Waals surface area contributed by atoms with E-state index >= 15 is 0 Å². The lowest BCUT2D eigenvalue weighted by molar-refractivity contribution is -0.139. The van der Waals surface area contributed by atoms with Gasteiger partial charge in [-0.1, -0.05) is 53.5 Å². The van der Waals surface area contributed by atoms with Gasteiger partial charge in [-0.15, -0.1) is 0 Å². The molecule has 1 amide bonds. The quantitative estimate of drug-likeness (QED) is 0.386. The SMILES string of the molecule is CC(Cl)OC(=O)NCCC(Cc1ccccc1)C(=O)Oc1ccc(Cl)cc1. The van der Waals surface area contributed by atoms with Crippen LogP contribution in [-0.4, -0.2) is 24.2 Å². The smallest absolute Gasteiger partial charge is 0.408 e. The zero-order chi connectivity index (χ0) is 19.6. The average molecular weight is 410 g/mol. The van der Waals surface area contributed by atoms with Gasteiger partial charge in [0.15, 0.2) is 5.56 Å². The second kappa shape index (κ2) is 10.8. The van der Waals surface area contributed by atoms with Gasteiger partial charge in [0, 0.05) is 11.6 Å². The molecule has 2 aromatic carbocycles. The van der Waals surface area contributed by atoms with Crippen molar-refractivity contribution >= 4 is 35.3 Å². The van der Waals surface area contributed by atoms with Gasteiger partial charge in [-0.3, -0.25) is 4.79 Å². The van der Waals surface area contributed by atoms with E-state index < -0.39 is 17.6 Å². The highest BCUT2D eigenvalue weighted by atomic mass is 35.5. The van der Waals surface area contributed by atoms with Crippen LogP contribution in [0.4, 0.5) is 4.79 Å². The van der Waals surface area contributed by atoms with E-state index in [0.29, 0.717) is 23.6 Å². The van der Waals surface area contributed by atoms with Gasteiger partial charge in [-0.05, 0) is 49.6 Å². The summed E-state index contributed by atoms with van der Waals surface area (Å²) in [5.41, 5.74) is 0.285. The van der Waals surface area contributed by atoms with E-state index in [2.05, 4.69) is 5.32 Å². The summed E-state index contributed by atoms with van der Waals surface area (Å²) in [5.74, 6) is -0.385.